The van der Waals surface area contributed by atoms with E-state index in [2.05, 4.69) is 0 Å². The van der Waals surface area contributed by atoms with Gasteiger partial charge in [0.2, 0.25) is 0 Å². The van der Waals surface area contributed by atoms with Crippen LogP contribution in [0.15, 0.2) is 24.3 Å². The molecule has 1 aromatic carbocycles. The average molecular weight is 293 g/mol. The molecule has 0 aliphatic carbocycles. The number of hydrogen-bond donors (Lipinski definition) is 1. The molecule has 1 N–H and O–H groups in total. The SMILES string of the molecule is CCOC(=O)N1[C@@H]2CC[C@H]1CC(O)(c1ccc(F)cc1)C2. The van der Waals surface area contributed by atoms with Crippen molar-refractivity contribution in [1.29, 1.82) is 0 Å². The summed E-state index contributed by atoms with van der Waals surface area (Å²) in [4.78, 5) is 13.8. The van der Waals surface area contributed by atoms with E-state index in [9.17, 15) is 14.3 Å². The Kier molecular flexibility index (Phi) is 3.61. The molecule has 3 rings (SSSR count). The predicted molar refractivity (Wildman–Crippen MR) is 75.2 cm³/mol. The summed E-state index contributed by atoms with van der Waals surface area (Å²) in [5.41, 5.74) is -0.257. The van der Waals surface area contributed by atoms with Crippen LogP contribution in [-0.2, 0) is 10.3 Å². The molecule has 0 saturated carbocycles. The second-order valence-corrected chi connectivity index (χ2v) is 5.94. The van der Waals surface area contributed by atoms with Gasteiger partial charge in [0.25, 0.3) is 0 Å². The van der Waals surface area contributed by atoms with Crippen LogP contribution >= 0.6 is 0 Å². The van der Waals surface area contributed by atoms with Gasteiger partial charge in [-0.3, -0.25) is 0 Å². The number of aliphatic hydroxyl groups is 1. The van der Waals surface area contributed by atoms with E-state index in [0.717, 1.165) is 18.4 Å². The van der Waals surface area contributed by atoms with Crippen LogP contribution in [0.2, 0.25) is 0 Å². The lowest BCUT2D eigenvalue weighted by Gasteiger charge is -2.43. The molecule has 2 heterocycles. The molecule has 3 atom stereocenters. The van der Waals surface area contributed by atoms with Crippen LogP contribution in [0, 0.1) is 5.82 Å². The van der Waals surface area contributed by atoms with Gasteiger partial charge in [0, 0.05) is 24.9 Å². The van der Waals surface area contributed by atoms with Crippen LogP contribution in [-0.4, -0.2) is 34.8 Å². The van der Waals surface area contributed by atoms with Crippen molar-refractivity contribution in [2.24, 2.45) is 0 Å². The predicted octanol–water partition coefficient (Wildman–Crippen LogP) is 2.80. The summed E-state index contributed by atoms with van der Waals surface area (Å²) in [6.07, 6.45) is 2.44. The van der Waals surface area contributed by atoms with Crippen molar-refractivity contribution in [2.45, 2.75) is 50.3 Å². The molecule has 2 aliphatic rings. The Labute approximate surface area is 123 Å². The van der Waals surface area contributed by atoms with Crippen molar-refractivity contribution in [3.05, 3.63) is 35.6 Å². The van der Waals surface area contributed by atoms with E-state index in [1.54, 1.807) is 24.0 Å². The molecule has 2 fully saturated rings. The number of piperidine rings is 1. The first-order chi connectivity index (χ1) is 10.0. The zero-order valence-corrected chi connectivity index (χ0v) is 12.1. The van der Waals surface area contributed by atoms with Crippen LogP contribution in [0.3, 0.4) is 0 Å². The highest BCUT2D eigenvalue weighted by Crippen LogP contribution is 2.45. The van der Waals surface area contributed by atoms with E-state index < -0.39 is 5.60 Å². The highest BCUT2D eigenvalue weighted by atomic mass is 19.1. The first kappa shape index (κ1) is 14.3. The van der Waals surface area contributed by atoms with E-state index >= 15 is 0 Å². The number of amides is 1. The van der Waals surface area contributed by atoms with Crippen molar-refractivity contribution in [1.82, 2.24) is 4.90 Å². The van der Waals surface area contributed by atoms with Gasteiger partial charge in [0.1, 0.15) is 5.82 Å². The van der Waals surface area contributed by atoms with Gasteiger partial charge >= 0.3 is 6.09 Å². The minimum absolute atomic E-state index is 0.00199. The smallest absolute Gasteiger partial charge is 0.410 e. The third-order valence-electron chi connectivity index (χ3n) is 4.63. The number of hydrogen-bond acceptors (Lipinski definition) is 3. The molecule has 1 aromatic rings. The molecule has 0 spiro atoms. The number of ether oxygens (including phenoxy) is 1. The first-order valence-corrected chi connectivity index (χ1v) is 7.47. The molecule has 114 valence electrons. The number of nitrogens with zero attached hydrogens (tertiary/aromatic N) is 1. The van der Waals surface area contributed by atoms with E-state index in [0.29, 0.717) is 19.4 Å². The van der Waals surface area contributed by atoms with Gasteiger partial charge in [0.05, 0.1) is 12.2 Å². The fourth-order valence-electron chi connectivity index (χ4n) is 3.72. The maximum Gasteiger partial charge on any atom is 0.410 e. The molecular formula is C16H20FNO3. The molecule has 0 aromatic heterocycles. The van der Waals surface area contributed by atoms with Crippen molar-refractivity contribution < 1.29 is 19.0 Å². The quantitative estimate of drug-likeness (QED) is 0.912. The number of fused-ring (bicyclic) bond motifs is 2. The van der Waals surface area contributed by atoms with Gasteiger partial charge in [-0.1, -0.05) is 12.1 Å². The Morgan fingerprint density at radius 2 is 1.90 bits per heavy atom. The number of carbonyl (C=O) groups excluding carboxylic acids is 1. The van der Waals surface area contributed by atoms with Gasteiger partial charge in [0.15, 0.2) is 0 Å². The summed E-state index contributed by atoms with van der Waals surface area (Å²) in [6.45, 7) is 2.15. The molecule has 21 heavy (non-hydrogen) atoms. The van der Waals surface area contributed by atoms with Crippen LogP contribution in [0.1, 0.15) is 38.2 Å². The summed E-state index contributed by atoms with van der Waals surface area (Å²) in [5, 5.41) is 10.9. The number of carbonyl (C=O) groups is 1. The molecule has 0 radical (unpaired) electrons. The minimum Gasteiger partial charge on any atom is -0.450 e. The second kappa shape index (κ2) is 5.30. The van der Waals surface area contributed by atoms with Crippen molar-refractivity contribution in [3.8, 4) is 0 Å². The zero-order valence-electron chi connectivity index (χ0n) is 12.1. The van der Waals surface area contributed by atoms with Crippen LogP contribution in [0.25, 0.3) is 0 Å². The van der Waals surface area contributed by atoms with Crippen molar-refractivity contribution >= 4 is 6.09 Å². The monoisotopic (exact) mass is 293 g/mol. The Hall–Kier alpha value is -1.62. The molecule has 2 saturated heterocycles. The average Bonchev–Trinajstić information content (AvgIpc) is 2.73. The van der Waals surface area contributed by atoms with E-state index in [1.807, 2.05) is 0 Å². The highest BCUT2D eigenvalue weighted by molar-refractivity contribution is 5.69. The molecule has 2 aliphatic heterocycles. The van der Waals surface area contributed by atoms with Crippen LogP contribution in [0.4, 0.5) is 9.18 Å². The highest BCUT2D eigenvalue weighted by Gasteiger charge is 2.50. The molecule has 1 amide bonds. The summed E-state index contributed by atoms with van der Waals surface area (Å²) in [6, 6.07) is 6.00. The van der Waals surface area contributed by atoms with Gasteiger partial charge in [-0.25, -0.2) is 9.18 Å². The molecule has 5 heteroatoms. The van der Waals surface area contributed by atoms with Gasteiger partial charge in [-0.05, 0) is 37.5 Å². The van der Waals surface area contributed by atoms with E-state index in [1.165, 1.54) is 12.1 Å². The molecule has 1 unspecified atom stereocenters. The largest absolute Gasteiger partial charge is 0.450 e. The normalized spacial score (nSPS) is 31.3. The third-order valence-corrected chi connectivity index (χ3v) is 4.63. The Morgan fingerprint density at radius 1 is 1.33 bits per heavy atom. The fraction of sp³-hybridized carbons (Fsp3) is 0.562. The van der Waals surface area contributed by atoms with Crippen molar-refractivity contribution in [3.63, 3.8) is 0 Å². The topological polar surface area (TPSA) is 49.8 Å². The summed E-state index contributed by atoms with van der Waals surface area (Å²) in [7, 11) is 0. The summed E-state index contributed by atoms with van der Waals surface area (Å²) < 4.78 is 18.2. The fourth-order valence-corrected chi connectivity index (χ4v) is 3.72. The molecule has 4 nitrogen and oxygen atoms in total. The number of halogens is 1. The van der Waals surface area contributed by atoms with Gasteiger partial charge < -0.3 is 14.7 Å². The number of benzene rings is 1. The lowest BCUT2D eigenvalue weighted by Crippen LogP contribution is -2.52. The maximum atomic E-state index is 13.0. The summed E-state index contributed by atoms with van der Waals surface area (Å²) >= 11 is 0. The lowest BCUT2D eigenvalue weighted by atomic mass is 9.80. The first-order valence-electron chi connectivity index (χ1n) is 7.47. The molecular weight excluding hydrogens is 273 g/mol. The van der Waals surface area contributed by atoms with Crippen LogP contribution in [0.5, 0.6) is 0 Å². The molecule has 2 bridgehead atoms. The van der Waals surface area contributed by atoms with Gasteiger partial charge in [-0.15, -0.1) is 0 Å². The minimum atomic E-state index is -0.984. The van der Waals surface area contributed by atoms with Crippen molar-refractivity contribution in [2.75, 3.05) is 6.61 Å². The standard InChI is InChI=1S/C16H20FNO3/c1-2-21-15(19)18-13-7-8-14(18)10-16(20,9-13)11-3-5-12(17)6-4-11/h3-6,13-14,20H,2,7-10H2,1H3/t13-,14+,16?. The Bertz CT molecular complexity index is 517. The summed E-state index contributed by atoms with van der Waals surface area (Å²) in [5.74, 6) is -0.311. The van der Waals surface area contributed by atoms with Gasteiger partial charge in [-0.2, -0.15) is 0 Å². The van der Waals surface area contributed by atoms with E-state index in [4.69, 9.17) is 4.74 Å². The Balaban J connectivity index is 1.81. The lowest BCUT2D eigenvalue weighted by molar-refractivity contribution is -0.0525. The Morgan fingerprint density at radius 3 is 2.43 bits per heavy atom. The number of rotatable bonds is 2. The van der Waals surface area contributed by atoms with E-state index in [-0.39, 0.29) is 24.0 Å². The van der Waals surface area contributed by atoms with Crippen LogP contribution < -0.4 is 0 Å². The third kappa shape index (κ3) is 2.50. The zero-order chi connectivity index (χ0) is 15.0. The maximum absolute atomic E-state index is 13.0. The second-order valence-electron chi connectivity index (χ2n) is 5.94.